The van der Waals surface area contributed by atoms with Crippen LogP contribution in [-0.4, -0.2) is 53.5 Å². The van der Waals surface area contributed by atoms with E-state index in [0.29, 0.717) is 34.5 Å². The number of amides is 5. The zero-order chi connectivity index (χ0) is 30.0. The van der Waals surface area contributed by atoms with E-state index in [1.165, 1.54) is 36.2 Å². The lowest BCUT2D eigenvalue weighted by molar-refractivity contribution is -0.139. The molecule has 5 rings (SSSR count). The number of fused-ring (bicyclic) bond motifs is 2. The van der Waals surface area contributed by atoms with E-state index in [2.05, 4.69) is 10.6 Å². The molecule has 1 spiro atoms. The first-order valence-corrected chi connectivity index (χ1v) is 13.1. The van der Waals surface area contributed by atoms with Gasteiger partial charge in [-0.15, -0.1) is 0 Å². The molecular weight excluding hydrogens is 547 g/mol. The Hall–Kier alpha value is -5.26. The summed E-state index contributed by atoms with van der Waals surface area (Å²) in [6.45, 7) is -0.656. The maximum absolute atomic E-state index is 13.7. The van der Waals surface area contributed by atoms with Crippen LogP contribution in [0.3, 0.4) is 0 Å². The summed E-state index contributed by atoms with van der Waals surface area (Å²) in [5.74, 6) is -2.80. The summed E-state index contributed by atoms with van der Waals surface area (Å²) < 4.78 is 19.2. The number of aryl methyl sites for hydroxylation is 1. The van der Waals surface area contributed by atoms with Crippen LogP contribution in [0.1, 0.15) is 28.7 Å². The topological polar surface area (TPSA) is 145 Å². The van der Waals surface area contributed by atoms with Gasteiger partial charge in [-0.2, -0.15) is 0 Å². The van der Waals surface area contributed by atoms with Crippen LogP contribution < -0.4 is 15.5 Å². The van der Waals surface area contributed by atoms with Crippen LogP contribution in [0.25, 0.3) is 0 Å². The number of halogens is 1. The number of urea groups is 1. The third-order valence-electron chi connectivity index (χ3n) is 7.27. The van der Waals surface area contributed by atoms with Crippen molar-refractivity contribution < 1.29 is 38.2 Å². The van der Waals surface area contributed by atoms with Crippen molar-refractivity contribution in [1.82, 2.24) is 10.2 Å². The van der Waals surface area contributed by atoms with E-state index >= 15 is 0 Å². The van der Waals surface area contributed by atoms with Crippen LogP contribution >= 0.6 is 0 Å². The number of nitrogens with zero attached hydrogens (tertiary/aromatic N) is 2. The fourth-order valence-corrected chi connectivity index (χ4v) is 5.25. The number of carboxylic acids is 1. The van der Waals surface area contributed by atoms with Crippen LogP contribution in [-0.2, 0) is 44.1 Å². The molecular formula is C30H27FN4O7. The number of hydrogen-bond donors (Lipinski definition) is 3. The van der Waals surface area contributed by atoms with Gasteiger partial charge in [0.25, 0.3) is 5.91 Å². The quantitative estimate of drug-likeness (QED) is 0.373. The van der Waals surface area contributed by atoms with Crippen LogP contribution in [0.4, 0.5) is 25.4 Å². The molecule has 3 aromatic rings. The zero-order valence-electron chi connectivity index (χ0n) is 22.6. The molecule has 1 aliphatic heterocycles. The van der Waals surface area contributed by atoms with E-state index in [-0.39, 0.29) is 19.4 Å². The highest BCUT2D eigenvalue weighted by molar-refractivity contribution is 6.08. The van der Waals surface area contributed by atoms with Gasteiger partial charge in [-0.3, -0.25) is 14.4 Å². The average Bonchev–Trinajstić information content (AvgIpc) is 3.43. The molecule has 3 N–H and O–H groups in total. The number of ether oxygens (including phenoxy) is 1. The molecule has 12 heteroatoms. The fourth-order valence-electron chi connectivity index (χ4n) is 5.25. The van der Waals surface area contributed by atoms with Gasteiger partial charge in [0.15, 0.2) is 0 Å². The Balaban J connectivity index is 1.41. The van der Waals surface area contributed by atoms with Crippen LogP contribution in [0.2, 0.25) is 0 Å². The van der Waals surface area contributed by atoms with Gasteiger partial charge in [0.05, 0.1) is 13.0 Å². The summed E-state index contributed by atoms with van der Waals surface area (Å²) in [5.41, 5.74) is 1.51. The Morgan fingerprint density at radius 1 is 1.05 bits per heavy atom. The molecule has 0 radical (unpaired) electrons. The van der Waals surface area contributed by atoms with Gasteiger partial charge in [0, 0.05) is 30.4 Å². The molecule has 11 nitrogen and oxygen atoms in total. The number of carbonyl (C=O) groups excluding carboxylic acids is 4. The van der Waals surface area contributed by atoms with Crippen molar-refractivity contribution >= 4 is 41.3 Å². The van der Waals surface area contributed by atoms with Gasteiger partial charge in [-0.25, -0.2) is 18.9 Å². The molecule has 1 atom stereocenters. The van der Waals surface area contributed by atoms with E-state index in [0.717, 1.165) is 10.5 Å². The Morgan fingerprint density at radius 2 is 1.81 bits per heavy atom. The second-order valence-corrected chi connectivity index (χ2v) is 10.0. The van der Waals surface area contributed by atoms with E-state index in [1.807, 2.05) is 0 Å². The Labute approximate surface area is 239 Å². The van der Waals surface area contributed by atoms with Gasteiger partial charge in [-0.05, 0) is 59.5 Å². The average molecular weight is 575 g/mol. The van der Waals surface area contributed by atoms with Crippen LogP contribution in [0.15, 0.2) is 66.7 Å². The molecule has 1 heterocycles. The molecule has 0 saturated carbocycles. The minimum atomic E-state index is -1.58. The molecule has 216 valence electrons. The second-order valence-electron chi connectivity index (χ2n) is 10.0. The molecule has 0 aromatic heterocycles. The standard InChI is InChI=1S/C30H27FN4O7/c1-32-28(40)33-22-9-10-24-20(15-22)11-12-30(24)27(39)35(29(41)42-30)17-25(36)34(16-18-5-7-21(31)8-6-18)23-4-2-3-19(13-23)14-26(37)38/h2-10,13,15H,11-12,14,16-17H2,1H3,(H,37,38)(H2,32,33,40)/t30-/m1/s1. The summed E-state index contributed by atoms with van der Waals surface area (Å²) in [7, 11) is 1.48. The molecule has 1 saturated heterocycles. The Kier molecular flexibility index (Phi) is 7.62. The monoisotopic (exact) mass is 574 g/mol. The number of carboxylic acid groups (broad SMARTS) is 1. The lowest BCUT2D eigenvalue weighted by Crippen LogP contribution is -2.44. The van der Waals surface area contributed by atoms with E-state index < -0.39 is 47.9 Å². The number of aliphatic carboxylic acids is 1. The number of benzene rings is 3. The smallest absolute Gasteiger partial charge is 0.418 e. The van der Waals surface area contributed by atoms with Gasteiger partial charge >= 0.3 is 18.1 Å². The Bertz CT molecular complexity index is 1590. The highest BCUT2D eigenvalue weighted by atomic mass is 19.1. The summed E-state index contributed by atoms with van der Waals surface area (Å²) >= 11 is 0. The zero-order valence-corrected chi connectivity index (χ0v) is 22.6. The predicted octanol–water partition coefficient (Wildman–Crippen LogP) is 3.56. The molecule has 1 aliphatic carbocycles. The molecule has 5 amide bonds. The summed E-state index contributed by atoms with van der Waals surface area (Å²) in [5, 5.41) is 14.3. The number of nitrogens with one attached hydrogen (secondary N) is 2. The molecule has 3 aromatic carbocycles. The minimum absolute atomic E-state index is 0.0260. The van der Waals surface area contributed by atoms with Crippen molar-refractivity contribution in [1.29, 1.82) is 0 Å². The first kappa shape index (κ1) is 28.3. The number of rotatable bonds is 8. The van der Waals surface area contributed by atoms with Crippen molar-refractivity contribution in [3.8, 4) is 0 Å². The largest absolute Gasteiger partial charge is 0.481 e. The van der Waals surface area contributed by atoms with E-state index in [1.54, 1.807) is 42.5 Å². The highest BCUT2D eigenvalue weighted by Gasteiger charge is 2.58. The predicted molar refractivity (Wildman–Crippen MR) is 148 cm³/mol. The Morgan fingerprint density at radius 3 is 2.52 bits per heavy atom. The number of hydrogen-bond acceptors (Lipinski definition) is 6. The molecule has 2 aliphatic rings. The van der Waals surface area contributed by atoms with Crippen molar-refractivity contribution in [2.45, 2.75) is 31.4 Å². The lowest BCUT2D eigenvalue weighted by atomic mass is 9.94. The number of imide groups is 1. The molecule has 0 unspecified atom stereocenters. The fraction of sp³-hybridized carbons (Fsp3) is 0.233. The highest BCUT2D eigenvalue weighted by Crippen LogP contribution is 2.46. The summed E-state index contributed by atoms with van der Waals surface area (Å²) in [6.07, 6.45) is -0.648. The van der Waals surface area contributed by atoms with Crippen molar-refractivity contribution in [3.63, 3.8) is 0 Å². The second kappa shape index (κ2) is 11.3. The summed E-state index contributed by atoms with van der Waals surface area (Å²) in [4.78, 5) is 65.5. The van der Waals surface area contributed by atoms with Crippen LogP contribution in [0.5, 0.6) is 0 Å². The third kappa shape index (κ3) is 5.51. The first-order valence-electron chi connectivity index (χ1n) is 13.1. The number of anilines is 2. The lowest BCUT2D eigenvalue weighted by Gasteiger charge is -2.25. The summed E-state index contributed by atoms with van der Waals surface area (Å²) in [6, 6.07) is 16.4. The normalized spacial score (nSPS) is 17.1. The number of carbonyl (C=O) groups is 5. The third-order valence-corrected chi connectivity index (χ3v) is 7.27. The van der Waals surface area contributed by atoms with E-state index in [9.17, 15) is 33.5 Å². The molecule has 42 heavy (non-hydrogen) atoms. The SMILES string of the molecule is CNC(=O)Nc1ccc2c(c1)CC[C@@]21OC(=O)N(CC(=O)N(Cc2ccc(F)cc2)c2cccc(CC(=O)O)c2)C1=O. The van der Waals surface area contributed by atoms with Gasteiger partial charge in [0.1, 0.15) is 12.4 Å². The van der Waals surface area contributed by atoms with Gasteiger partial charge < -0.3 is 25.4 Å². The van der Waals surface area contributed by atoms with Crippen molar-refractivity contribution in [2.75, 3.05) is 23.8 Å². The van der Waals surface area contributed by atoms with Crippen molar-refractivity contribution in [3.05, 3.63) is 94.8 Å². The maximum atomic E-state index is 13.7. The van der Waals surface area contributed by atoms with Crippen molar-refractivity contribution in [2.24, 2.45) is 0 Å². The maximum Gasteiger partial charge on any atom is 0.418 e. The van der Waals surface area contributed by atoms with Gasteiger partial charge in [-0.1, -0.05) is 30.3 Å². The van der Waals surface area contributed by atoms with Crippen LogP contribution in [0, 0.1) is 5.82 Å². The minimum Gasteiger partial charge on any atom is -0.481 e. The van der Waals surface area contributed by atoms with E-state index in [4.69, 9.17) is 4.74 Å². The molecule has 1 fully saturated rings. The van der Waals surface area contributed by atoms with Gasteiger partial charge in [0.2, 0.25) is 11.5 Å². The molecule has 0 bridgehead atoms. The first-order chi connectivity index (χ1) is 20.1.